The van der Waals surface area contributed by atoms with E-state index in [1.54, 1.807) is 19.1 Å². The van der Waals surface area contributed by atoms with E-state index in [1.807, 2.05) is 30.3 Å². The molecule has 1 aromatic heterocycles. The molecule has 0 aliphatic rings. The maximum atomic E-state index is 11.9. The number of fused-ring (bicyclic) bond motifs is 1. The van der Waals surface area contributed by atoms with E-state index in [2.05, 4.69) is 9.97 Å². The summed E-state index contributed by atoms with van der Waals surface area (Å²) in [5.41, 5.74) is 2.41. The third-order valence-electron chi connectivity index (χ3n) is 3.02. The summed E-state index contributed by atoms with van der Waals surface area (Å²) in [5, 5.41) is 9.85. The molecule has 0 bridgehead atoms. The van der Waals surface area contributed by atoms with Crippen molar-refractivity contribution in [1.29, 1.82) is 0 Å². The summed E-state index contributed by atoms with van der Waals surface area (Å²) in [5.74, 6) is 0.828. The molecule has 19 heavy (non-hydrogen) atoms. The van der Waals surface area contributed by atoms with Crippen LogP contribution in [0.3, 0.4) is 0 Å². The lowest BCUT2D eigenvalue weighted by atomic mass is 10.0. The van der Waals surface area contributed by atoms with Crippen molar-refractivity contribution in [3.8, 4) is 16.9 Å². The Labute approximate surface area is 109 Å². The smallest absolute Gasteiger partial charge is 0.258 e. The zero-order valence-electron chi connectivity index (χ0n) is 10.3. The van der Waals surface area contributed by atoms with E-state index < -0.39 is 0 Å². The van der Waals surface area contributed by atoms with Gasteiger partial charge in [-0.2, -0.15) is 0 Å². The average molecular weight is 252 g/mol. The molecule has 3 rings (SSSR count). The highest BCUT2D eigenvalue weighted by Crippen LogP contribution is 2.23. The van der Waals surface area contributed by atoms with E-state index in [-0.39, 0.29) is 11.3 Å². The van der Waals surface area contributed by atoms with Crippen LogP contribution < -0.4 is 5.56 Å². The zero-order valence-corrected chi connectivity index (χ0v) is 10.3. The van der Waals surface area contributed by atoms with E-state index >= 15 is 0 Å². The molecule has 94 valence electrons. The van der Waals surface area contributed by atoms with Gasteiger partial charge in [0, 0.05) is 0 Å². The van der Waals surface area contributed by atoms with E-state index in [0.29, 0.717) is 16.7 Å². The second-order valence-corrected chi connectivity index (χ2v) is 4.43. The first-order valence-electron chi connectivity index (χ1n) is 5.93. The summed E-state index contributed by atoms with van der Waals surface area (Å²) in [6.07, 6.45) is 0. The Morgan fingerprint density at radius 3 is 2.47 bits per heavy atom. The van der Waals surface area contributed by atoms with Crippen LogP contribution in [0.5, 0.6) is 5.75 Å². The van der Waals surface area contributed by atoms with E-state index in [0.717, 1.165) is 11.1 Å². The van der Waals surface area contributed by atoms with Crippen LogP contribution in [0.25, 0.3) is 22.0 Å². The zero-order chi connectivity index (χ0) is 13.4. The van der Waals surface area contributed by atoms with Gasteiger partial charge in [-0.1, -0.05) is 18.2 Å². The predicted octanol–water partition coefficient (Wildman–Crippen LogP) is 2.60. The first-order valence-corrected chi connectivity index (χ1v) is 5.93. The second-order valence-electron chi connectivity index (χ2n) is 4.43. The molecule has 0 atom stereocenters. The molecule has 0 saturated carbocycles. The van der Waals surface area contributed by atoms with Crippen LogP contribution >= 0.6 is 0 Å². The number of H-pyrrole nitrogens is 1. The van der Waals surface area contributed by atoms with Crippen molar-refractivity contribution in [3.63, 3.8) is 0 Å². The monoisotopic (exact) mass is 252 g/mol. The molecule has 4 nitrogen and oxygen atoms in total. The molecular weight excluding hydrogens is 240 g/mol. The number of phenolic OH excluding ortho intramolecular Hbond substituents is 1. The minimum absolute atomic E-state index is 0.136. The van der Waals surface area contributed by atoms with Gasteiger partial charge in [0.05, 0.1) is 10.9 Å². The number of aromatic amines is 1. The average Bonchev–Trinajstić information content (AvgIpc) is 2.39. The van der Waals surface area contributed by atoms with Crippen LogP contribution in [0.2, 0.25) is 0 Å². The molecule has 2 N–H and O–H groups in total. The normalized spacial score (nSPS) is 10.8. The topological polar surface area (TPSA) is 66.0 Å². The lowest BCUT2D eigenvalue weighted by Gasteiger charge is -2.04. The third-order valence-corrected chi connectivity index (χ3v) is 3.02. The van der Waals surface area contributed by atoms with Crippen LogP contribution in [0.1, 0.15) is 5.82 Å². The van der Waals surface area contributed by atoms with Crippen molar-refractivity contribution in [1.82, 2.24) is 9.97 Å². The number of nitrogens with one attached hydrogen (secondary N) is 1. The van der Waals surface area contributed by atoms with Gasteiger partial charge in [-0.05, 0) is 42.3 Å². The quantitative estimate of drug-likeness (QED) is 0.699. The van der Waals surface area contributed by atoms with Crippen LogP contribution in [0.15, 0.2) is 47.3 Å². The van der Waals surface area contributed by atoms with Gasteiger partial charge in [0.25, 0.3) is 5.56 Å². The number of aryl methyl sites for hydroxylation is 1. The van der Waals surface area contributed by atoms with Crippen molar-refractivity contribution in [2.45, 2.75) is 6.92 Å². The lowest BCUT2D eigenvalue weighted by Crippen LogP contribution is -2.09. The standard InChI is InChI=1S/C15H12N2O2/c1-9-16-14-7-4-11(8-13(14)15(19)17-9)10-2-5-12(18)6-3-10/h2-8,18H,1H3,(H,16,17,19). The number of hydrogen-bond donors (Lipinski definition) is 2. The summed E-state index contributed by atoms with van der Waals surface area (Å²) < 4.78 is 0. The molecule has 2 aromatic carbocycles. The van der Waals surface area contributed by atoms with Gasteiger partial charge in [-0.15, -0.1) is 0 Å². The largest absolute Gasteiger partial charge is 0.508 e. The van der Waals surface area contributed by atoms with Crippen LogP contribution in [-0.2, 0) is 0 Å². The molecule has 4 heteroatoms. The Hall–Kier alpha value is -2.62. The van der Waals surface area contributed by atoms with Gasteiger partial charge in [-0.25, -0.2) is 4.98 Å². The molecule has 0 spiro atoms. The molecule has 0 fully saturated rings. The summed E-state index contributed by atoms with van der Waals surface area (Å²) >= 11 is 0. The highest BCUT2D eigenvalue weighted by Gasteiger charge is 2.04. The predicted molar refractivity (Wildman–Crippen MR) is 74.2 cm³/mol. The fourth-order valence-corrected chi connectivity index (χ4v) is 2.09. The lowest BCUT2D eigenvalue weighted by molar-refractivity contribution is 0.475. The van der Waals surface area contributed by atoms with E-state index in [9.17, 15) is 9.90 Å². The number of benzene rings is 2. The Balaban J connectivity index is 2.21. The molecule has 0 aliphatic heterocycles. The molecule has 0 saturated heterocycles. The Bertz CT molecular complexity index is 804. The number of aromatic nitrogens is 2. The Morgan fingerprint density at radius 1 is 1.05 bits per heavy atom. The van der Waals surface area contributed by atoms with Gasteiger partial charge in [0.15, 0.2) is 0 Å². The van der Waals surface area contributed by atoms with Crippen LogP contribution in [-0.4, -0.2) is 15.1 Å². The fraction of sp³-hybridized carbons (Fsp3) is 0.0667. The van der Waals surface area contributed by atoms with E-state index in [4.69, 9.17) is 0 Å². The molecule has 0 aliphatic carbocycles. The van der Waals surface area contributed by atoms with Crippen molar-refractivity contribution in [2.75, 3.05) is 0 Å². The van der Waals surface area contributed by atoms with Gasteiger partial charge in [0.2, 0.25) is 0 Å². The summed E-state index contributed by atoms with van der Waals surface area (Å²) in [6, 6.07) is 12.4. The van der Waals surface area contributed by atoms with Gasteiger partial charge < -0.3 is 10.1 Å². The van der Waals surface area contributed by atoms with Crippen molar-refractivity contribution in [3.05, 3.63) is 58.6 Å². The SMILES string of the molecule is Cc1nc2ccc(-c3ccc(O)cc3)cc2c(=O)[nH]1. The van der Waals surface area contributed by atoms with Gasteiger partial charge in [-0.3, -0.25) is 4.79 Å². The number of aromatic hydroxyl groups is 1. The summed E-state index contributed by atoms with van der Waals surface area (Å²) in [4.78, 5) is 18.9. The summed E-state index contributed by atoms with van der Waals surface area (Å²) in [6.45, 7) is 1.76. The third kappa shape index (κ3) is 2.08. The number of nitrogens with zero attached hydrogens (tertiary/aromatic N) is 1. The van der Waals surface area contributed by atoms with Crippen LogP contribution in [0.4, 0.5) is 0 Å². The second kappa shape index (κ2) is 4.24. The maximum Gasteiger partial charge on any atom is 0.258 e. The minimum Gasteiger partial charge on any atom is -0.508 e. The molecule has 1 heterocycles. The molecule has 0 unspecified atom stereocenters. The molecular formula is C15H12N2O2. The van der Waals surface area contributed by atoms with Gasteiger partial charge in [0.1, 0.15) is 11.6 Å². The minimum atomic E-state index is -0.136. The number of rotatable bonds is 1. The van der Waals surface area contributed by atoms with Crippen LogP contribution in [0, 0.1) is 6.92 Å². The number of hydrogen-bond acceptors (Lipinski definition) is 3. The Kier molecular flexibility index (Phi) is 2.56. The Morgan fingerprint density at radius 2 is 1.74 bits per heavy atom. The highest BCUT2D eigenvalue weighted by molar-refractivity contribution is 5.83. The van der Waals surface area contributed by atoms with Crippen molar-refractivity contribution in [2.24, 2.45) is 0 Å². The highest BCUT2D eigenvalue weighted by atomic mass is 16.3. The first-order chi connectivity index (χ1) is 9.13. The van der Waals surface area contributed by atoms with Crippen molar-refractivity contribution < 1.29 is 5.11 Å². The fourth-order valence-electron chi connectivity index (χ4n) is 2.09. The van der Waals surface area contributed by atoms with Gasteiger partial charge >= 0.3 is 0 Å². The number of phenols is 1. The molecule has 3 aromatic rings. The summed E-state index contributed by atoms with van der Waals surface area (Å²) in [7, 11) is 0. The van der Waals surface area contributed by atoms with E-state index in [1.165, 1.54) is 0 Å². The molecule has 0 amide bonds. The molecule has 0 radical (unpaired) electrons. The first kappa shape index (κ1) is 11.5. The maximum absolute atomic E-state index is 11.9. The van der Waals surface area contributed by atoms with Crippen molar-refractivity contribution >= 4 is 10.9 Å².